The Morgan fingerprint density at radius 2 is 1.75 bits per heavy atom. The molecule has 32 heavy (non-hydrogen) atoms. The van der Waals surface area contributed by atoms with E-state index >= 15 is 0 Å². The van der Waals surface area contributed by atoms with Crippen molar-refractivity contribution in [3.63, 3.8) is 0 Å². The molecule has 0 N–H and O–H groups in total. The number of anilines is 1. The fourth-order valence-electron chi connectivity index (χ4n) is 3.55. The molecule has 2 heterocycles. The van der Waals surface area contributed by atoms with Crippen LogP contribution in [0.2, 0.25) is 0 Å². The number of carbonyl (C=O) groups excluding carboxylic acids is 1. The number of hydrogen-bond acceptors (Lipinski definition) is 5. The molecule has 4 rings (SSSR count). The molecule has 10 heteroatoms. The van der Waals surface area contributed by atoms with Gasteiger partial charge >= 0.3 is 6.18 Å². The van der Waals surface area contributed by atoms with Gasteiger partial charge in [-0.3, -0.25) is 4.79 Å². The first kappa shape index (κ1) is 21.8. The van der Waals surface area contributed by atoms with E-state index in [0.717, 1.165) is 17.8 Å². The van der Waals surface area contributed by atoms with Gasteiger partial charge in [-0.05, 0) is 36.4 Å². The predicted octanol–water partition coefficient (Wildman–Crippen LogP) is 4.18. The van der Waals surface area contributed by atoms with Gasteiger partial charge in [-0.15, -0.1) is 0 Å². The van der Waals surface area contributed by atoms with Gasteiger partial charge in [-0.1, -0.05) is 17.3 Å². The van der Waals surface area contributed by atoms with E-state index < -0.39 is 11.7 Å². The molecule has 1 aromatic heterocycles. The van der Waals surface area contributed by atoms with E-state index in [1.54, 1.807) is 17.0 Å². The first-order chi connectivity index (χ1) is 15.3. The van der Waals surface area contributed by atoms with E-state index in [1.165, 1.54) is 24.3 Å². The van der Waals surface area contributed by atoms with E-state index in [4.69, 9.17) is 4.52 Å². The largest absolute Gasteiger partial charge is 0.416 e. The number of alkyl halides is 3. The van der Waals surface area contributed by atoms with Crippen molar-refractivity contribution < 1.29 is 26.9 Å². The molecule has 3 aromatic rings. The molecule has 0 radical (unpaired) electrons. The number of halogens is 4. The Balaban J connectivity index is 1.30. The number of hydrogen-bond donors (Lipinski definition) is 0. The summed E-state index contributed by atoms with van der Waals surface area (Å²) < 4.78 is 56.9. The third-order valence-corrected chi connectivity index (χ3v) is 5.29. The minimum atomic E-state index is -4.46. The van der Waals surface area contributed by atoms with Gasteiger partial charge in [-0.2, -0.15) is 18.2 Å². The van der Waals surface area contributed by atoms with E-state index in [-0.39, 0.29) is 41.8 Å². The highest BCUT2D eigenvalue weighted by atomic mass is 19.4. The first-order valence-corrected chi connectivity index (χ1v) is 10.1. The highest BCUT2D eigenvalue weighted by Gasteiger charge is 2.31. The van der Waals surface area contributed by atoms with Gasteiger partial charge in [0.15, 0.2) is 0 Å². The number of nitrogens with zero attached hydrogens (tertiary/aromatic N) is 4. The van der Waals surface area contributed by atoms with Crippen LogP contribution in [0.1, 0.15) is 17.9 Å². The Morgan fingerprint density at radius 3 is 2.44 bits per heavy atom. The fourth-order valence-corrected chi connectivity index (χ4v) is 3.55. The first-order valence-electron chi connectivity index (χ1n) is 10.1. The lowest BCUT2D eigenvalue weighted by molar-refractivity contribution is -0.137. The number of carbonyl (C=O) groups is 1. The zero-order valence-electron chi connectivity index (χ0n) is 17.0. The molecule has 0 aliphatic carbocycles. The van der Waals surface area contributed by atoms with Gasteiger partial charge in [0, 0.05) is 50.3 Å². The quantitative estimate of drug-likeness (QED) is 0.548. The second-order valence-corrected chi connectivity index (χ2v) is 7.43. The van der Waals surface area contributed by atoms with Gasteiger partial charge in [0.2, 0.25) is 17.6 Å². The van der Waals surface area contributed by atoms with Crippen LogP contribution in [0.3, 0.4) is 0 Å². The standard InChI is InChI=1S/C22H20F4N4O2/c23-17-4-6-18(7-5-17)29-10-12-30(13-11-29)20(31)9-8-19-27-21(28-32-19)15-2-1-3-16(14-15)22(24,25)26/h1-7,14H,8-13H2. The zero-order valence-corrected chi connectivity index (χ0v) is 17.0. The summed E-state index contributed by atoms with van der Waals surface area (Å²) in [7, 11) is 0. The minimum absolute atomic E-state index is 0.0476. The summed E-state index contributed by atoms with van der Waals surface area (Å²) in [6, 6.07) is 10.9. The monoisotopic (exact) mass is 448 g/mol. The van der Waals surface area contributed by atoms with Crippen LogP contribution in [0.5, 0.6) is 0 Å². The van der Waals surface area contributed by atoms with Crippen molar-refractivity contribution in [2.45, 2.75) is 19.0 Å². The maximum Gasteiger partial charge on any atom is 0.416 e. The highest BCUT2D eigenvalue weighted by molar-refractivity contribution is 5.76. The molecule has 6 nitrogen and oxygen atoms in total. The van der Waals surface area contributed by atoms with E-state index in [1.807, 2.05) is 0 Å². The lowest BCUT2D eigenvalue weighted by atomic mass is 10.1. The van der Waals surface area contributed by atoms with Gasteiger partial charge < -0.3 is 14.3 Å². The lowest BCUT2D eigenvalue weighted by Crippen LogP contribution is -2.48. The van der Waals surface area contributed by atoms with Crippen LogP contribution in [0, 0.1) is 5.82 Å². The number of benzene rings is 2. The second-order valence-electron chi connectivity index (χ2n) is 7.43. The van der Waals surface area contributed by atoms with Crippen molar-refractivity contribution in [1.29, 1.82) is 0 Å². The Kier molecular flexibility index (Phi) is 6.11. The summed E-state index contributed by atoms with van der Waals surface area (Å²) in [4.78, 5) is 20.5. The van der Waals surface area contributed by atoms with Crippen LogP contribution in [-0.4, -0.2) is 47.1 Å². The minimum Gasteiger partial charge on any atom is -0.368 e. The van der Waals surface area contributed by atoms with Crippen molar-refractivity contribution in [3.8, 4) is 11.4 Å². The second kappa shape index (κ2) is 8.97. The van der Waals surface area contributed by atoms with E-state index in [0.29, 0.717) is 26.2 Å². The van der Waals surface area contributed by atoms with Crippen LogP contribution < -0.4 is 4.90 Å². The van der Waals surface area contributed by atoms with E-state index in [2.05, 4.69) is 15.0 Å². The molecule has 168 valence electrons. The van der Waals surface area contributed by atoms with Gasteiger partial charge in [-0.25, -0.2) is 4.39 Å². The molecule has 1 fully saturated rings. The summed E-state index contributed by atoms with van der Waals surface area (Å²) in [5.41, 5.74) is 0.306. The molecule has 0 saturated carbocycles. The number of aryl methyl sites for hydroxylation is 1. The van der Waals surface area contributed by atoms with Crippen LogP contribution in [0.25, 0.3) is 11.4 Å². The van der Waals surface area contributed by atoms with E-state index in [9.17, 15) is 22.4 Å². The normalized spacial score (nSPS) is 14.6. The third kappa shape index (κ3) is 5.06. The molecule has 1 aliphatic rings. The lowest BCUT2D eigenvalue weighted by Gasteiger charge is -2.36. The average Bonchev–Trinajstić information content (AvgIpc) is 3.27. The van der Waals surface area contributed by atoms with Crippen LogP contribution in [0.15, 0.2) is 53.1 Å². The third-order valence-electron chi connectivity index (χ3n) is 5.29. The molecule has 1 saturated heterocycles. The average molecular weight is 448 g/mol. The van der Waals surface area contributed by atoms with Crippen LogP contribution in [0.4, 0.5) is 23.2 Å². The van der Waals surface area contributed by atoms with Crippen molar-refractivity contribution in [1.82, 2.24) is 15.0 Å². The van der Waals surface area contributed by atoms with Gasteiger partial charge in [0.25, 0.3) is 0 Å². The predicted molar refractivity (Wildman–Crippen MR) is 108 cm³/mol. The molecule has 0 spiro atoms. The van der Waals surface area contributed by atoms with Crippen LogP contribution >= 0.6 is 0 Å². The number of piperazine rings is 1. The molecular formula is C22H20F4N4O2. The summed E-state index contributed by atoms with van der Waals surface area (Å²) in [5, 5.41) is 3.74. The number of amides is 1. The van der Waals surface area contributed by atoms with Crippen molar-refractivity contribution in [2.75, 3.05) is 31.1 Å². The van der Waals surface area contributed by atoms with Crippen molar-refractivity contribution in [2.24, 2.45) is 0 Å². The Labute approximate surface area is 181 Å². The maximum atomic E-state index is 13.1. The van der Waals surface area contributed by atoms with Gasteiger partial charge in [0.1, 0.15) is 5.82 Å². The Hall–Kier alpha value is -3.43. The molecule has 0 bridgehead atoms. The maximum absolute atomic E-state index is 13.1. The molecule has 1 amide bonds. The molecular weight excluding hydrogens is 428 g/mol. The summed E-state index contributed by atoms with van der Waals surface area (Å²) in [5.74, 6) is -0.121. The van der Waals surface area contributed by atoms with Crippen LogP contribution in [-0.2, 0) is 17.4 Å². The summed E-state index contributed by atoms with van der Waals surface area (Å²) in [6.45, 7) is 2.35. The molecule has 0 unspecified atom stereocenters. The highest BCUT2D eigenvalue weighted by Crippen LogP contribution is 2.31. The summed E-state index contributed by atoms with van der Waals surface area (Å²) >= 11 is 0. The molecule has 0 atom stereocenters. The van der Waals surface area contributed by atoms with Gasteiger partial charge in [0.05, 0.1) is 5.56 Å². The number of aromatic nitrogens is 2. The Bertz CT molecular complexity index is 1070. The summed E-state index contributed by atoms with van der Waals surface area (Å²) in [6.07, 6.45) is -4.11. The SMILES string of the molecule is O=C(CCc1nc(-c2cccc(C(F)(F)F)c2)no1)N1CCN(c2ccc(F)cc2)CC1. The van der Waals surface area contributed by atoms with Crippen molar-refractivity contribution >= 4 is 11.6 Å². The van der Waals surface area contributed by atoms with Crippen molar-refractivity contribution in [3.05, 3.63) is 65.8 Å². The number of rotatable bonds is 5. The topological polar surface area (TPSA) is 62.5 Å². The molecule has 1 aliphatic heterocycles. The molecule has 2 aromatic carbocycles. The Morgan fingerprint density at radius 1 is 1.03 bits per heavy atom. The zero-order chi connectivity index (χ0) is 22.7. The smallest absolute Gasteiger partial charge is 0.368 e. The fraction of sp³-hybridized carbons (Fsp3) is 0.318.